The number of rotatable bonds is 8. The standard InChI is InChI=1S/C30H24Cl2N4O3/c31-23-8-11-26(27(32)16-23)30(19-36-15-14-33-20-36)38-18-25(39-30)17-37-24-9-6-21(7-10-24)28-12-13-34-29(35-28)22-4-2-1-3-5-22/h1-16,20,25H,17-19H2. The summed E-state index contributed by atoms with van der Waals surface area (Å²) >= 11 is 12.7. The first-order chi connectivity index (χ1) is 19.1. The summed E-state index contributed by atoms with van der Waals surface area (Å²) in [5, 5.41) is 1.01. The molecule has 9 heteroatoms. The molecule has 0 radical (unpaired) electrons. The zero-order chi connectivity index (χ0) is 26.7. The third-order valence-electron chi connectivity index (χ3n) is 6.42. The van der Waals surface area contributed by atoms with Crippen LogP contribution in [0.25, 0.3) is 22.6 Å². The average molecular weight is 559 g/mol. The first kappa shape index (κ1) is 25.5. The number of ether oxygens (including phenoxy) is 3. The predicted molar refractivity (Wildman–Crippen MR) is 150 cm³/mol. The SMILES string of the molecule is Clc1ccc(C2(Cn3ccnc3)OCC(COc3ccc(-c4ccnc(-c5ccccc5)n4)cc3)O2)c(Cl)c1. The Kier molecular flexibility index (Phi) is 7.30. The van der Waals surface area contributed by atoms with E-state index in [0.717, 1.165) is 22.6 Å². The van der Waals surface area contributed by atoms with Gasteiger partial charge in [0.25, 0.3) is 0 Å². The maximum atomic E-state index is 6.56. The van der Waals surface area contributed by atoms with E-state index in [1.165, 1.54) is 0 Å². The van der Waals surface area contributed by atoms with Crippen LogP contribution in [0.1, 0.15) is 5.56 Å². The molecule has 196 valence electrons. The van der Waals surface area contributed by atoms with Gasteiger partial charge in [-0.05, 0) is 42.5 Å². The highest BCUT2D eigenvalue weighted by Crippen LogP contribution is 2.40. The van der Waals surface area contributed by atoms with Crippen molar-refractivity contribution < 1.29 is 14.2 Å². The second-order valence-electron chi connectivity index (χ2n) is 9.13. The van der Waals surface area contributed by atoms with Crippen LogP contribution in [0.4, 0.5) is 0 Å². The Balaban J connectivity index is 1.14. The van der Waals surface area contributed by atoms with Crippen LogP contribution in [0.3, 0.4) is 0 Å². The van der Waals surface area contributed by atoms with Crippen LogP contribution in [-0.2, 0) is 21.8 Å². The summed E-state index contributed by atoms with van der Waals surface area (Å²) in [5.41, 5.74) is 3.49. The molecule has 3 aromatic carbocycles. The lowest BCUT2D eigenvalue weighted by Gasteiger charge is -2.30. The molecule has 0 saturated carbocycles. The van der Waals surface area contributed by atoms with Crippen LogP contribution in [-0.4, -0.2) is 38.8 Å². The van der Waals surface area contributed by atoms with Crippen LogP contribution < -0.4 is 4.74 Å². The van der Waals surface area contributed by atoms with Crippen LogP contribution >= 0.6 is 23.2 Å². The van der Waals surface area contributed by atoms with Gasteiger partial charge in [0, 0.05) is 40.3 Å². The van der Waals surface area contributed by atoms with E-state index in [-0.39, 0.29) is 6.10 Å². The quantitative estimate of drug-likeness (QED) is 0.212. The number of imidazole rings is 1. The van der Waals surface area contributed by atoms with Crippen LogP contribution in [0.5, 0.6) is 5.75 Å². The van der Waals surface area contributed by atoms with E-state index in [0.29, 0.717) is 41.2 Å². The lowest BCUT2D eigenvalue weighted by Crippen LogP contribution is -2.34. The minimum atomic E-state index is -1.09. The zero-order valence-corrected chi connectivity index (χ0v) is 22.3. The van der Waals surface area contributed by atoms with E-state index >= 15 is 0 Å². The molecule has 2 aromatic heterocycles. The first-order valence-electron chi connectivity index (χ1n) is 12.4. The van der Waals surface area contributed by atoms with Crippen molar-refractivity contribution in [2.75, 3.05) is 13.2 Å². The lowest BCUT2D eigenvalue weighted by molar-refractivity contribution is -0.189. The number of nitrogens with zero attached hydrogens (tertiary/aromatic N) is 4. The van der Waals surface area contributed by atoms with Crippen molar-refractivity contribution in [3.05, 3.63) is 119 Å². The van der Waals surface area contributed by atoms with E-state index < -0.39 is 5.79 Å². The summed E-state index contributed by atoms with van der Waals surface area (Å²) in [6.45, 7) is 1.03. The normalized spacial score (nSPS) is 18.8. The summed E-state index contributed by atoms with van der Waals surface area (Å²) in [4.78, 5) is 13.3. The van der Waals surface area contributed by atoms with Gasteiger partial charge in [0.15, 0.2) is 5.82 Å². The maximum absolute atomic E-state index is 6.56. The molecule has 6 rings (SSSR count). The average Bonchev–Trinajstić information content (AvgIpc) is 3.63. The second-order valence-corrected chi connectivity index (χ2v) is 9.97. The van der Waals surface area contributed by atoms with E-state index in [1.807, 2.05) is 77.5 Å². The molecule has 39 heavy (non-hydrogen) atoms. The minimum Gasteiger partial charge on any atom is -0.491 e. The number of aromatic nitrogens is 4. The van der Waals surface area contributed by atoms with Crippen molar-refractivity contribution in [3.8, 4) is 28.4 Å². The topological polar surface area (TPSA) is 71.3 Å². The highest BCUT2D eigenvalue weighted by Gasteiger charge is 2.45. The fraction of sp³-hybridized carbons (Fsp3) is 0.167. The molecule has 7 nitrogen and oxygen atoms in total. The molecule has 0 bridgehead atoms. The summed E-state index contributed by atoms with van der Waals surface area (Å²) in [6, 6.07) is 24.9. The molecule has 1 saturated heterocycles. The Hall–Kier alpha value is -3.75. The Morgan fingerprint density at radius 3 is 2.56 bits per heavy atom. The summed E-state index contributed by atoms with van der Waals surface area (Å²) in [7, 11) is 0. The van der Waals surface area contributed by atoms with Gasteiger partial charge in [0.05, 0.1) is 30.2 Å². The molecule has 2 atom stereocenters. The molecule has 5 aromatic rings. The molecule has 0 aliphatic carbocycles. The zero-order valence-electron chi connectivity index (χ0n) is 20.8. The Morgan fingerprint density at radius 2 is 1.79 bits per heavy atom. The molecular formula is C30H24Cl2N4O3. The van der Waals surface area contributed by atoms with Gasteiger partial charge in [-0.1, -0.05) is 59.6 Å². The fourth-order valence-corrected chi connectivity index (χ4v) is 5.08. The smallest absolute Gasteiger partial charge is 0.215 e. The molecule has 1 aliphatic rings. The van der Waals surface area contributed by atoms with Crippen LogP contribution in [0.2, 0.25) is 10.0 Å². The molecule has 1 fully saturated rings. The van der Waals surface area contributed by atoms with E-state index in [2.05, 4.69) is 9.97 Å². The van der Waals surface area contributed by atoms with Gasteiger partial charge < -0.3 is 18.8 Å². The number of hydrogen-bond acceptors (Lipinski definition) is 6. The summed E-state index contributed by atoms with van der Waals surface area (Å²) < 4.78 is 20.7. The van der Waals surface area contributed by atoms with Gasteiger partial charge >= 0.3 is 0 Å². The van der Waals surface area contributed by atoms with Gasteiger partial charge in [-0.2, -0.15) is 0 Å². The fourth-order valence-electron chi connectivity index (χ4n) is 4.53. The Labute approximate surface area is 236 Å². The van der Waals surface area contributed by atoms with E-state index in [4.69, 9.17) is 42.4 Å². The molecule has 2 unspecified atom stereocenters. The minimum absolute atomic E-state index is 0.307. The van der Waals surface area contributed by atoms with Gasteiger partial charge in [-0.3, -0.25) is 0 Å². The lowest BCUT2D eigenvalue weighted by atomic mass is 10.1. The van der Waals surface area contributed by atoms with Crippen molar-refractivity contribution in [2.45, 2.75) is 18.4 Å². The van der Waals surface area contributed by atoms with Crippen LogP contribution in [0, 0.1) is 0 Å². The number of hydrogen-bond donors (Lipinski definition) is 0. The molecule has 0 N–H and O–H groups in total. The predicted octanol–water partition coefficient (Wildman–Crippen LogP) is 6.66. The third kappa shape index (κ3) is 5.67. The van der Waals surface area contributed by atoms with Gasteiger partial charge in [0.1, 0.15) is 18.5 Å². The second kappa shape index (κ2) is 11.2. The van der Waals surface area contributed by atoms with Crippen molar-refractivity contribution >= 4 is 23.2 Å². The third-order valence-corrected chi connectivity index (χ3v) is 6.97. The van der Waals surface area contributed by atoms with Gasteiger partial charge in [-0.25, -0.2) is 15.0 Å². The Morgan fingerprint density at radius 1 is 0.949 bits per heavy atom. The number of benzene rings is 3. The van der Waals surface area contributed by atoms with Gasteiger partial charge in [-0.15, -0.1) is 0 Å². The monoisotopic (exact) mass is 558 g/mol. The highest BCUT2D eigenvalue weighted by atomic mass is 35.5. The highest BCUT2D eigenvalue weighted by molar-refractivity contribution is 6.35. The maximum Gasteiger partial charge on any atom is 0.215 e. The van der Waals surface area contributed by atoms with Gasteiger partial charge in [0.2, 0.25) is 5.79 Å². The molecule has 0 spiro atoms. The number of halogens is 2. The van der Waals surface area contributed by atoms with Crippen molar-refractivity contribution in [1.82, 2.24) is 19.5 Å². The molecule has 1 aliphatic heterocycles. The van der Waals surface area contributed by atoms with Crippen LogP contribution in [0.15, 0.2) is 104 Å². The largest absolute Gasteiger partial charge is 0.491 e. The van der Waals surface area contributed by atoms with Crippen molar-refractivity contribution in [3.63, 3.8) is 0 Å². The Bertz CT molecular complexity index is 1550. The van der Waals surface area contributed by atoms with Crippen molar-refractivity contribution in [2.24, 2.45) is 0 Å². The van der Waals surface area contributed by atoms with E-state index in [9.17, 15) is 0 Å². The molecule has 3 heterocycles. The van der Waals surface area contributed by atoms with Crippen molar-refractivity contribution in [1.29, 1.82) is 0 Å². The molecular weight excluding hydrogens is 535 g/mol. The summed E-state index contributed by atoms with van der Waals surface area (Å²) in [6.07, 6.45) is 6.74. The summed E-state index contributed by atoms with van der Waals surface area (Å²) in [5.74, 6) is 0.312. The first-order valence-corrected chi connectivity index (χ1v) is 13.2. The van der Waals surface area contributed by atoms with E-state index in [1.54, 1.807) is 30.9 Å². The molecule has 0 amide bonds.